The summed E-state index contributed by atoms with van der Waals surface area (Å²) in [5.74, 6) is -0.709. The zero-order chi connectivity index (χ0) is 26.4. The summed E-state index contributed by atoms with van der Waals surface area (Å²) in [5, 5.41) is 18.2. The Balaban J connectivity index is 1.54. The summed E-state index contributed by atoms with van der Waals surface area (Å²) in [5.41, 5.74) is 8.48. The summed E-state index contributed by atoms with van der Waals surface area (Å²) in [7, 11) is 0. The van der Waals surface area contributed by atoms with Crippen LogP contribution in [0.3, 0.4) is 0 Å². The minimum atomic E-state index is -1.55. The number of benzene rings is 3. The van der Waals surface area contributed by atoms with Gasteiger partial charge in [-0.15, -0.1) is 0 Å². The maximum Gasteiger partial charge on any atom is 0.255 e. The minimum Gasteiger partial charge on any atom is -0.383 e. The van der Waals surface area contributed by atoms with Crippen LogP contribution in [-0.2, 0) is 4.79 Å². The Morgan fingerprint density at radius 1 is 0.973 bits per heavy atom. The van der Waals surface area contributed by atoms with E-state index in [2.05, 4.69) is 34.4 Å². The number of aliphatic hydroxyl groups is 1. The van der Waals surface area contributed by atoms with Crippen molar-refractivity contribution in [1.29, 1.82) is 0 Å². The first kappa shape index (κ1) is 25.7. The van der Waals surface area contributed by atoms with Crippen molar-refractivity contribution in [2.75, 3.05) is 29.0 Å². The molecule has 4 rings (SSSR count). The number of nitrogen functional groups attached to an aromatic ring is 1. The molecule has 0 saturated heterocycles. The van der Waals surface area contributed by atoms with Gasteiger partial charge in [-0.3, -0.25) is 9.59 Å². The molecule has 5 N–H and O–H groups in total. The Morgan fingerprint density at radius 2 is 1.68 bits per heavy atom. The van der Waals surface area contributed by atoms with Crippen molar-refractivity contribution in [2.45, 2.75) is 26.0 Å². The van der Waals surface area contributed by atoms with Gasteiger partial charge in [-0.1, -0.05) is 36.4 Å². The van der Waals surface area contributed by atoms with E-state index in [9.17, 15) is 14.7 Å². The van der Waals surface area contributed by atoms with Gasteiger partial charge in [-0.25, -0.2) is 4.98 Å². The lowest BCUT2D eigenvalue weighted by atomic mass is 9.99. The van der Waals surface area contributed by atoms with Crippen LogP contribution in [0.1, 0.15) is 35.8 Å². The van der Waals surface area contributed by atoms with Crippen molar-refractivity contribution < 1.29 is 14.7 Å². The van der Waals surface area contributed by atoms with E-state index in [4.69, 9.17) is 5.73 Å². The van der Waals surface area contributed by atoms with Crippen molar-refractivity contribution in [1.82, 2.24) is 10.3 Å². The number of nitrogens with zero attached hydrogens (tertiary/aromatic N) is 2. The summed E-state index contributed by atoms with van der Waals surface area (Å²) in [6.45, 7) is 5.87. The number of carbonyl (C=O) groups is 2. The van der Waals surface area contributed by atoms with Crippen LogP contribution >= 0.6 is 0 Å². The van der Waals surface area contributed by atoms with Crippen LogP contribution in [0.25, 0.3) is 10.8 Å². The molecule has 0 bridgehead atoms. The van der Waals surface area contributed by atoms with Crippen LogP contribution < -0.4 is 21.3 Å². The first-order valence-corrected chi connectivity index (χ1v) is 12.2. The first-order chi connectivity index (χ1) is 17.9. The molecule has 0 aliphatic carbocycles. The highest BCUT2D eigenvalue weighted by Gasteiger charge is 2.29. The van der Waals surface area contributed by atoms with Crippen LogP contribution in [0.4, 0.5) is 17.2 Å². The maximum atomic E-state index is 13.1. The number of carbonyl (C=O) groups excluding carboxylic acids is 2. The normalized spacial score (nSPS) is 12.5. The predicted molar refractivity (Wildman–Crippen MR) is 147 cm³/mol. The standard InChI is InChI=1S/C29H31N5O3/c1-3-34(4-2)23-14-11-21(12-15-23)28(36)33-25(20-8-6-5-7-9-20)26(35)29(37)32-22-13-10-19-16-17-31-27(30)24(19)18-22/h5-18,25-26,35H,3-4H2,1-2H3,(H2,30,31)(H,32,37)(H,33,36). The summed E-state index contributed by atoms with van der Waals surface area (Å²) < 4.78 is 0. The third kappa shape index (κ3) is 5.87. The highest BCUT2D eigenvalue weighted by molar-refractivity contribution is 6.00. The van der Waals surface area contributed by atoms with E-state index < -0.39 is 24.0 Å². The molecule has 2 unspecified atom stereocenters. The van der Waals surface area contributed by atoms with Gasteiger partial charge in [0.25, 0.3) is 11.8 Å². The molecular weight excluding hydrogens is 466 g/mol. The number of nitrogens with two attached hydrogens (primary N) is 1. The molecule has 8 heteroatoms. The molecular formula is C29H31N5O3. The number of amides is 2. The monoisotopic (exact) mass is 497 g/mol. The molecule has 3 aromatic carbocycles. The maximum absolute atomic E-state index is 13.1. The van der Waals surface area contributed by atoms with Gasteiger partial charge in [0, 0.05) is 41.6 Å². The van der Waals surface area contributed by atoms with E-state index >= 15 is 0 Å². The molecule has 0 fully saturated rings. The number of fused-ring (bicyclic) bond motifs is 1. The average Bonchev–Trinajstić information content (AvgIpc) is 2.93. The van der Waals surface area contributed by atoms with E-state index in [1.807, 2.05) is 30.3 Å². The quantitative estimate of drug-likeness (QED) is 0.276. The van der Waals surface area contributed by atoms with Gasteiger partial charge in [-0.2, -0.15) is 0 Å². The molecule has 0 spiro atoms. The summed E-state index contributed by atoms with van der Waals surface area (Å²) in [4.78, 5) is 32.5. The third-order valence-corrected chi connectivity index (χ3v) is 6.35. The second-order valence-corrected chi connectivity index (χ2v) is 8.65. The molecule has 0 aliphatic rings. The first-order valence-electron chi connectivity index (χ1n) is 12.2. The van der Waals surface area contributed by atoms with E-state index in [1.165, 1.54) is 0 Å². The lowest BCUT2D eigenvalue weighted by Gasteiger charge is -2.25. The van der Waals surface area contributed by atoms with Gasteiger partial charge < -0.3 is 26.4 Å². The number of rotatable bonds is 9. The number of anilines is 3. The molecule has 37 heavy (non-hydrogen) atoms. The Morgan fingerprint density at radius 3 is 2.35 bits per heavy atom. The number of pyridine rings is 1. The lowest BCUT2D eigenvalue weighted by Crippen LogP contribution is -2.42. The Hall–Kier alpha value is -4.43. The van der Waals surface area contributed by atoms with Crippen LogP contribution in [0, 0.1) is 0 Å². The van der Waals surface area contributed by atoms with E-state index in [0.29, 0.717) is 28.0 Å². The predicted octanol–water partition coefficient (Wildman–Crippen LogP) is 4.13. The molecule has 1 heterocycles. The fraction of sp³-hybridized carbons (Fsp3) is 0.207. The Labute approximate surface area is 216 Å². The largest absolute Gasteiger partial charge is 0.383 e. The van der Waals surface area contributed by atoms with Crippen molar-refractivity contribution in [2.24, 2.45) is 0 Å². The van der Waals surface area contributed by atoms with Gasteiger partial charge in [0.1, 0.15) is 5.82 Å². The van der Waals surface area contributed by atoms with Crippen molar-refractivity contribution in [3.8, 4) is 0 Å². The van der Waals surface area contributed by atoms with Crippen LogP contribution in [0.2, 0.25) is 0 Å². The van der Waals surface area contributed by atoms with E-state index in [0.717, 1.165) is 24.2 Å². The van der Waals surface area contributed by atoms with Gasteiger partial charge >= 0.3 is 0 Å². The molecule has 190 valence electrons. The van der Waals surface area contributed by atoms with Gasteiger partial charge in [0.2, 0.25) is 0 Å². The SMILES string of the molecule is CCN(CC)c1ccc(C(=O)NC(c2ccccc2)C(O)C(=O)Nc2ccc3ccnc(N)c3c2)cc1. The smallest absolute Gasteiger partial charge is 0.255 e. The molecule has 2 amide bonds. The summed E-state index contributed by atoms with van der Waals surface area (Å²) in [6, 6.07) is 22.3. The number of hydrogen-bond acceptors (Lipinski definition) is 6. The van der Waals surface area contributed by atoms with Crippen LogP contribution in [0.15, 0.2) is 85.1 Å². The van der Waals surface area contributed by atoms with Gasteiger partial charge in [0.15, 0.2) is 6.10 Å². The zero-order valence-corrected chi connectivity index (χ0v) is 20.9. The molecule has 4 aromatic rings. The second-order valence-electron chi connectivity index (χ2n) is 8.65. The van der Waals surface area contributed by atoms with Crippen molar-refractivity contribution in [3.05, 3.63) is 96.2 Å². The topological polar surface area (TPSA) is 121 Å². The molecule has 8 nitrogen and oxygen atoms in total. The van der Waals surface area contributed by atoms with Crippen molar-refractivity contribution >= 4 is 39.8 Å². The second kappa shape index (κ2) is 11.5. The Bertz CT molecular complexity index is 1370. The highest BCUT2D eigenvalue weighted by Crippen LogP contribution is 2.24. The highest BCUT2D eigenvalue weighted by atomic mass is 16.3. The van der Waals surface area contributed by atoms with E-state index in [1.54, 1.807) is 54.7 Å². The zero-order valence-electron chi connectivity index (χ0n) is 20.9. The third-order valence-electron chi connectivity index (χ3n) is 6.35. The number of aliphatic hydroxyl groups excluding tert-OH is 1. The van der Waals surface area contributed by atoms with Crippen LogP contribution in [0.5, 0.6) is 0 Å². The lowest BCUT2D eigenvalue weighted by molar-refractivity contribution is -0.125. The minimum absolute atomic E-state index is 0.343. The number of aromatic nitrogens is 1. The summed E-state index contributed by atoms with van der Waals surface area (Å²) >= 11 is 0. The molecule has 0 aliphatic heterocycles. The van der Waals surface area contributed by atoms with Gasteiger partial charge in [-0.05, 0) is 67.3 Å². The van der Waals surface area contributed by atoms with Crippen LogP contribution in [-0.4, -0.2) is 41.1 Å². The van der Waals surface area contributed by atoms with E-state index in [-0.39, 0.29) is 0 Å². The summed E-state index contributed by atoms with van der Waals surface area (Å²) in [6.07, 6.45) is 0.0625. The fourth-order valence-electron chi connectivity index (χ4n) is 4.28. The number of hydrogen-bond donors (Lipinski definition) is 4. The molecule has 2 atom stereocenters. The fourth-order valence-corrected chi connectivity index (χ4v) is 4.28. The molecule has 0 saturated carbocycles. The average molecular weight is 498 g/mol. The van der Waals surface area contributed by atoms with Gasteiger partial charge in [0.05, 0.1) is 6.04 Å². The number of nitrogens with one attached hydrogen (secondary N) is 2. The molecule has 0 radical (unpaired) electrons. The Kier molecular flexibility index (Phi) is 8.00. The molecule has 1 aromatic heterocycles. The van der Waals surface area contributed by atoms with Crippen molar-refractivity contribution in [3.63, 3.8) is 0 Å².